The maximum Gasteiger partial charge on any atom is 0.123 e. The van der Waals surface area contributed by atoms with E-state index in [1.54, 1.807) is 0 Å². The zero-order valence-corrected chi connectivity index (χ0v) is 21.7. The molecule has 1 saturated carbocycles. The van der Waals surface area contributed by atoms with Crippen molar-refractivity contribution in [3.63, 3.8) is 0 Å². The van der Waals surface area contributed by atoms with Crippen LogP contribution in [0.1, 0.15) is 44.7 Å². The SMILES string of the molecule is C[C@@H]1C[N@@+]2(Cc3ccc4ccccc4c3)C[C@@](C)(OCc3ccccc3)[C@H]3CC[C@@H]1[C@]32C.[Br-]. The number of fused-ring (bicyclic) bond motifs is 1. The van der Waals surface area contributed by atoms with Crippen LogP contribution in [-0.2, 0) is 17.9 Å². The molecule has 3 fully saturated rings. The first-order valence-electron chi connectivity index (χ1n) is 12.5. The van der Waals surface area contributed by atoms with Crippen LogP contribution in [0.25, 0.3) is 10.8 Å². The van der Waals surface area contributed by atoms with Gasteiger partial charge in [0.15, 0.2) is 0 Å². The van der Waals surface area contributed by atoms with Crippen LogP contribution in [0.5, 0.6) is 0 Å². The fourth-order valence-electron chi connectivity index (χ4n) is 8.42. The molecule has 6 atom stereocenters. The third kappa shape index (κ3) is 3.42. The van der Waals surface area contributed by atoms with Crippen LogP contribution in [0, 0.1) is 17.8 Å². The Morgan fingerprint density at radius 3 is 2.39 bits per heavy atom. The lowest BCUT2D eigenvalue weighted by molar-refractivity contribution is -0.967. The molecule has 3 aliphatic rings. The second-order valence-corrected chi connectivity index (χ2v) is 11.4. The standard InChI is InChI=1S/C30H36NO.BrH/c1-22-18-31(19-24-13-14-25-11-7-8-12-26(25)17-24)21-29(2,28-16-15-27(22)30(28,31)3)32-20-23-9-5-4-6-10-23;/h4-14,17,22,27-28H,15-16,18-21H2,1-3H3;1H/q+1;/p-1/t22-,27+,28-,29-,30-,31-;/m1./s1. The molecule has 2 saturated heterocycles. The summed E-state index contributed by atoms with van der Waals surface area (Å²) in [6.45, 7) is 11.8. The van der Waals surface area contributed by atoms with Gasteiger partial charge in [0.05, 0.1) is 13.2 Å². The molecule has 174 valence electrons. The number of benzene rings is 3. The van der Waals surface area contributed by atoms with Gasteiger partial charge < -0.3 is 26.2 Å². The van der Waals surface area contributed by atoms with E-state index in [2.05, 4.69) is 93.6 Å². The lowest BCUT2D eigenvalue weighted by atomic mass is 9.76. The van der Waals surface area contributed by atoms with Crippen molar-refractivity contribution in [2.45, 2.75) is 57.9 Å². The summed E-state index contributed by atoms with van der Waals surface area (Å²) in [6, 6.07) is 26.6. The predicted molar refractivity (Wildman–Crippen MR) is 131 cm³/mol. The largest absolute Gasteiger partial charge is 1.00 e. The topological polar surface area (TPSA) is 9.23 Å². The molecule has 0 bridgehead atoms. The first kappa shape index (κ1) is 23.1. The first-order chi connectivity index (χ1) is 15.4. The van der Waals surface area contributed by atoms with Gasteiger partial charge in [-0.15, -0.1) is 0 Å². The highest BCUT2D eigenvalue weighted by molar-refractivity contribution is 5.82. The Labute approximate surface area is 209 Å². The van der Waals surface area contributed by atoms with E-state index >= 15 is 0 Å². The van der Waals surface area contributed by atoms with Gasteiger partial charge in [0.1, 0.15) is 24.2 Å². The van der Waals surface area contributed by atoms with Gasteiger partial charge in [0.2, 0.25) is 0 Å². The molecule has 0 radical (unpaired) electrons. The van der Waals surface area contributed by atoms with E-state index in [9.17, 15) is 0 Å². The summed E-state index contributed by atoms with van der Waals surface area (Å²) in [7, 11) is 0. The van der Waals surface area contributed by atoms with Gasteiger partial charge >= 0.3 is 0 Å². The highest BCUT2D eigenvalue weighted by Gasteiger charge is 2.76. The van der Waals surface area contributed by atoms with E-state index < -0.39 is 0 Å². The molecule has 3 aromatic rings. The third-order valence-electron chi connectivity index (χ3n) is 9.63. The van der Waals surface area contributed by atoms with E-state index in [-0.39, 0.29) is 22.6 Å². The normalized spacial score (nSPS) is 36.6. The summed E-state index contributed by atoms with van der Waals surface area (Å²) in [5, 5.41) is 2.70. The average Bonchev–Trinajstić information content (AvgIpc) is 3.33. The fourth-order valence-corrected chi connectivity index (χ4v) is 8.42. The van der Waals surface area contributed by atoms with Gasteiger partial charge in [0, 0.05) is 23.3 Å². The molecule has 0 spiro atoms. The maximum absolute atomic E-state index is 6.86. The monoisotopic (exact) mass is 505 g/mol. The van der Waals surface area contributed by atoms with Gasteiger partial charge in [-0.2, -0.15) is 0 Å². The van der Waals surface area contributed by atoms with Gasteiger partial charge in [-0.1, -0.05) is 73.7 Å². The molecule has 3 heteroatoms. The summed E-state index contributed by atoms with van der Waals surface area (Å²) in [6.07, 6.45) is 2.68. The highest BCUT2D eigenvalue weighted by atomic mass is 79.9. The molecule has 0 N–H and O–H groups in total. The summed E-state index contributed by atoms with van der Waals surface area (Å²) < 4.78 is 8.06. The van der Waals surface area contributed by atoms with Crippen LogP contribution in [0.2, 0.25) is 0 Å². The number of ether oxygens (including phenoxy) is 1. The van der Waals surface area contributed by atoms with Crippen molar-refractivity contribution in [3.8, 4) is 0 Å². The van der Waals surface area contributed by atoms with Crippen LogP contribution in [0.4, 0.5) is 0 Å². The summed E-state index contributed by atoms with van der Waals surface area (Å²) in [5.41, 5.74) is 3.03. The van der Waals surface area contributed by atoms with E-state index in [0.29, 0.717) is 11.5 Å². The lowest BCUT2D eigenvalue weighted by Crippen LogP contribution is -3.00. The molecule has 6 rings (SSSR count). The molecule has 3 aromatic carbocycles. The smallest absolute Gasteiger partial charge is 0.123 e. The van der Waals surface area contributed by atoms with E-state index in [1.165, 1.54) is 45.8 Å². The van der Waals surface area contributed by atoms with Crippen LogP contribution in [0.3, 0.4) is 0 Å². The second kappa shape index (κ2) is 8.22. The number of halogens is 1. The van der Waals surface area contributed by atoms with Crippen molar-refractivity contribution in [1.29, 1.82) is 0 Å². The van der Waals surface area contributed by atoms with Crippen molar-refractivity contribution in [2.75, 3.05) is 13.1 Å². The Morgan fingerprint density at radius 2 is 1.61 bits per heavy atom. The Hall–Kier alpha value is -1.68. The number of hydrogen-bond acceptors (Lipinski definition) is 1. The molecule has 2 aliphatic heterocycles. The lowest BCUT2D eigenvalue weighted by Gasteiger charge is -2.43. The first-order valence-corrected chi connectivity index (χ1v) is 12.5. The molecule has 33 heavy (non-hydrogen) atoms. The molecule has 1 aliphatic carbocycles. The van der Waals surface area contributed by atoms with Gasteiger partial charge in [-0.05, 0) is 49.1 Å². The second-order valence-electron chi connectivity index (χ2n) is 11.4. The van der Waals surface area contributed by atoms with Crippen molar-refractivity contribution < 1.29 is 26.2 Å². The van der Waals surface area contributed by atoms with Crippen LogP contribution >= 0.6 is 0 Å². The minimum Gasteiger partial charge on any atom is -1.00 e. The van der Waals surface area contributed by atoms with Gasteiger partial charge in [-0.25, -0.2) is 0 Å². The Bertz CT molecular complexity index is 1150. The van der Waals surface area contributed by atoms with Crippen molar-refractivity contribution in [1.82, 2.24) is 0 Å². The molecular weight excluding hydrogens is 470 g/mol. The number of rotatable bonds is 5. The molecule has 0 unspecified atom stereocenters. The maximum atomic E-state index is 6.86. The molecule has 2 nitrogen and oxygen atoms in total. The highest BCUT2D eigenvalue weighted by Crippen LogP contribution is 2.65. The zero-order chi connectivity index (χ0) is 22.0. The third-order valence-corrected chi connectivity index (χ3v) is 9.63. The average molecular weight is 507 g/mol. The summed E-state index contributed by atoms with van der Waals surface area (Å²) in [4.78, 5) is 0. The van der Waals surface area contributed by atoms with Gasteiger partial charge in [-0.3, -0.25) is 0 Å². The number of hydrogen-bond donors (Lipinski definition) is 0. The minimum atomic E-state index is -0.0592. The Kier molecular flexibility index (Phi) is 5.75. The summed E-state index contributed by atoms with van der Waals surface area (Å²) >= 11 is 0. The molecule has 0 amide bonds. The van der Waals surface area contributed by atoms with Crippen LogP contribution < -0.4 is 17.0 Å². The molecule has 0 aromatic heterocycles. The van der Waals surface area contributed by atoms with E-state index in [0.717, 1.165) is 31.5 Å². The van der Waals surface area contributed by atoms with E-state index in [1.807, 2.05) is 0 Å². The van der Waals surface area contributed by atoms with Crippen molar-refractivity contribution >= 4 is 10.8 Å². The predicted octanol–water partition coefficient (Wildman–Crippen LogP) is 3.58. The summed E-state index contributed by atoms with van der Waals surface area (Å²) in [5.74, 6) is 2.24. The van der Waals surface area contributed by atoms with Crippen molar-refractivity contribution in [3.05, 3.63) is 83.9 Å². The number of quaternary nitrogens is 1. The van der Waals surface area contributed by atoms with Crippen LogP contribution in [-0.4, -0.2) is 28.7 Å². The Morgan fingerprint density at radius 1 is 0.879 bits per heavy atom. The number of nitrogens with zero attached hydrogens (tertiary/aromatic N) is 1. The van der Waals surface area contributed by atoms with Crippen LogP contribution in [0.15, 0.2) is 72.8 Å². The van der Waals surface area contributed by atoms with Crippen molar-refractivity contribution in [2.24, 2.45) is 17.8 Å². The minimum absolute atomic E-state index is 0. The van der Waals surface area contributed by atoms with E-state index in [4.69, 9.17) is 4.74 Å². The molecular formula is C30H36BrNO. The molecule has 2 heterocycles. The fraction of sp³-hybridized carbons (Fsp3) is 0.467. The zero-order valence-electron chi connectivity index (χ0n) is 20.1. The van der Waals surface area contributed by atoms with Gasteiger partial charge in [0.25, 0.3) is 0 Å². The quantitative estimate of drug-likeness (QED) is 0.481. The Balaban J connectivity index is 0.00000228.